The van der Waals surface area contributed by atoms with Gasteiger partial charge in [0.15, 0.2) is 5.96 Å². The third kappa shape index (κ3) is 5.18. The molecule has 4 unspecified atom stereocenters. The summed E-state index contributed by atoms with van der Waals surface area (Å²) in [4.78, 5) is 33.3. The zero-order valence-electron chi connectivity index (χ0n) is 18.2. The van der Waals surface area contributed by atoms with E-state index < -0.39 is 0 Å². The molecule has 2 N–H and O–H groups in total. The predicted octanol–water partition coefficient (Wildman–Crippen LogP) is 1.47. The van der Waals surface area contributed by atoms with Crippen molar-refractivity contribution in [3.8, 4) is 0 Å². The van der Waals surface area contributed by atoms with E-state index in [1.807, 2.05) is 0 Å². The van der Waals surface area contributed by atoms with Gasteiger partial charge in [-0.25, -0.2) is 0 Å². The molecule has 1 saturated heterocycles. The molecule has 1 aliphatic heterocycles. The Hall–Kier alpha value is -1.89. The highest BCUT2D eigenvalue weighted by molar-refractivity contribution is 6.06. The molecule has 0 aromatic heterocycles. The summed E-state index contributed by atoms with van der Waals surface area (Å²) in [7, 11) is 5.98. The molecule has 0 aromatic carbocycles. The smallest absolute Gasteiger partial charge is 0.233 e. The van der Waals surface area contributed by atoms with Crippen molar-refractivity contribution < 1.29 is 9.59 Å². The van der Waals surface area contributed by atoms with Gasteiger partial charge in [0.25, 0.3) is 0 Å². The first-order valence-corrected chi connectivity index (χ1v) is 11.2. The molecular weight excluding hydrogens is 366 g/mol. The summed E-state index contributed by atoms with van der Waals surface area (Å²) in [6.45, 7) is 2.99. The average molecular weight is 404 g/mol. The SMILES string of the molecule is CN=C(NCCCCCCCN(C)C)NCCN1C(=O)C2C3C=CC(C3)C2C1=O. The highest BCUT2D eigenvalue weighted by Gasteiger charge is 2.58. The molecule has 162 valence electrons. The van der Waals surface area contributed by atoms with Crippen LogP contribution in [-0.2, 0) is 9.59 Å². The number of allylic oxidation sites excluding steroid dienone is 2. The Morgan fingerprint density at radius 2 is 1.59 bits per heavy atom. The van der Waals surface area contributed by atoms with Crippen molar-refractivity contribution in [2.45, 2.75) is 38.5 Å². The van der Waals surface area contributed by atoms with Crippen LogP contribution < -0.4 is 10.6 Å². The second-order valence-electron chi connectivity index (χ2n) is 8.82. The molecule has 1 saturated carbocycles. The molecular formula is C22H37N5O2. The Morgan fingerprint density at radius 3 is 2.21 bits per heavy atom. The topological polar surface area (TPSA) is 77.0 Å². The summed E-state index contributed by atoms with van der Waals surface area (Å²) < 4.78 is 0. The fourth-order valence-electron chi connectivity index (χ4n) is 4.98. The molecule has 2 amide bonds. The lowest BCUT2D eigenvalue weighted by molar-refractivity contribution is -0.140. The van der Waals surface area contributed by atoms with Crippen LogP contribution in [0.3, 0.4) is 0 Å². The number of aliphatic imine (C=N–C) groups is 1. The molecule has 0 spiro atoms. The van der Waals surface area contributed by atoms with Crippen LogP contribution in [0.1, 0.15) is 38.5 Å². The minimum atomic E-state index is -0.104. The molecule has 29 heavy (non-hydrogen) atoms. The molecule has 2 bridgehead atoms. The molecule has 0 aromatic rings. The zero-order chi connectivity index (χ0) is 20.8. The second kappa shape index (κ2) is 10.2. The quantitative estimate of drug-likeness (QED) is 0.180. The van der Waals surface area contributed by atoms with Gasteiger partial charge in [-0.15, -0.1) is 0 Å². The van der Waals surface area contributed by atoms with Gasteiger partial charge in [0.1, 0.15) is 0 Å². The monoisotopic (exact) mass is 403 g/mol. The van der Waals surface area contributed by atoms with E-state index >= 15 is 0 Å². The van der Waals surface area contributed by atoms with Crippen LogP contribution in [-0.4, -0.2) is 74.9 Å². The van der Waals surface area contributed by atoms with Gasteiger partial charge in [0, 0.05) is 26.7 Å². The lowest BCUT2D eigenvalue weighted by Gasteiger charge is -2.18. The number of nitrogens with one attached hydrogen (secondary N) is 2. The predicted molar refractivity (Wildman–Crippen MR) is 115 cm³/mol. The number of carbonyl (C=O) groups excluding carboxylic acids is 2. The van der Waals surface area contributed by atoms with Gasteiger partial charge in [-0.3, -0.25) is 19.5 Å². The van der Waals surface area contributed by atoms with E-state index in [2.05, 4.69) is 46.8 Å². The van der Waals surface area contributed by atoms with Crippen molar-refractivity contribution in [2.24, 2.45) is 28.7 Å². The number of rotatable bonds is 11. The molecule has 0 radical (unpaired) electrons. The number of guanidine groups is 1. The standard InChI is InChI=1S/C22H37N5O2/c1-23-22(24-11-7-5-4-6-8-13-26(2)3)25-12-14-27-20(28)18-16-9-10-17(15-16)19(18)21(27)29/h9-10,16-19H,4-8,11-15H2,1-3H3,(H2,23,24,25). The van der Waals surface area contributed by atoms with Crippen molar-refractivity contribution in [1.82, 2.24) is 20.4 Å². The van der Waals surface area contributed by atoms with E-state index in [0.29, 0.717) is 13.1 Å². The average Bonchev–Trinajstić information content (AvgIpc) is 3.37. The van der Waals surface area contributed by atoms with Crippen molar-refractivity contribution in [3.63, 3.8) is 0 Å². The van der Waals surface area contributed by atoms with Gasteiger partial charge in [0.2, 0.25) is 11.8 Å². The van der Waals surface area contributed by atoms with E-state index in [1.165, 1.54) is 30.6 Å². The Balaban J connectivity index is 1.29. The largest absolute Gasteiger partial charge is 0.356 e. The maximum Gasteiger partial charge on any atom is 0.233 e. The van der Waals surface area contributed by atoms with Crippen LogP contribution in [0, 0.1) is 23.7 Å². The van der Waals surface area contributed by atoms with Crippen molar-refractivity contribution in [3.05, 3.63) is 12.2 Å². The van der Waals surface area contributed by atoms with E-state index in [4.69, 9.17) is 0 Å². The number of unbranched alkanes of at least 4 members (excludes halogenated alkanes) is 4. The Kier molecular flexibility index (Phi) is 7.70. The van der Waals surface area contributed by atoms with Crippen molar-refractivity contribution in [2.75, 3.05) is 47.3 Å². The van der Waals surface area contributed by atoms with E-state index in [9.17, 15) is 9.59 Å². The highest BCUT2D eigenvalue weighted by Crippen LogP contribution is 2.52. The van der Waals surface area contributed by atoms with Gasteiger partial charge in [-0.1, -0.05) is 31.4 Å². The molecule has 3 rings (SSSR count). The Bertz CT molecular complexity index is 615. The number of likely N-dealkylation sites (tertiary alicyclic amines) is 1. The van der Waals surface area contributed by atoms with Crippen molar-refractivity contribution >= 4 is 17.8 Å². The number of imide groups is 1. The van der Waals surface area contributed by atoms with Gasteiger partial charge in [0.05, 0.1) is 11.8 Å². The third-order valence-electron chi connectivity index (χ3n) is 6.49. The van der Waals surface area contributed by atoms with Crippen molar-refractivity contribution in [1.29, 1.82) is 0 Å². The minimum Gasteiger partial charge on any atom is -0.356 e. The Morgan fingerprint density at radius 1 is 1.00 bits per heavy atom. The maximum atomic E-state index is 12.7. The fourth-order valence-corrected chi connectivity index (χ4v) is 4.98. The van der Waals surface area contributed by atoms with Crippen LogP contribution in [0.5, 0.6) is 0 Å². The number of hydrogen-bond donors (Lipinski definition) is 2. The maximum absolute atomic E-state index is 12.7. The first-order chi connectivity index (χ1) is 14.0. The second-order valence-corrected chi connectivity index (χ2v) is 8.82. The summed E-state index contributed by atoms with van der Waals surface area (Å²) >= 11 is 0. The van der Waals surface area contributed by atoms with E-state index in [-0.39, 0.29) is 35.5 Å². The summed E-state index contributed by atoms with van der Waals surface area (Å²) in [5, 5.41) is 6.56. The van der Waals surface area contributed by atoms with Gasteiger partial charge < -0.3 is 15.5 Å². The number of carbonyl (C=O) groups is 2. The normalized spacial score (nSPS) is 28.0. The minimum absolute atomic E-state index is 0.0239. The van der Waals surface area contributed by atoms with Crippen LogP contribution in [0.2, 0.25) is 0 Å². The molecule has 7 heteroatoms. The molecule has 4 atom stereocenters. The molecule has 1 heterocycles. The summed E-state index contributed by atoms with van der Waals surface area (Å²) in [6.07, 6.45) is 11.4. The number of fused-ring (bicyclic) bond motifs is 5. The number of hydrogen-bond acceptors (Lipinski definition) is 4. The first kappa shape index (κ1) is 21.8. The summed E-state index contributed by atoms with van der Waals surface area (Å²) in [5.41, 5.74) is 0. The van der Waals surface area contributed by atoms with Crippen LogP contribution in [0.25, 0.3) is 0 Å². The van der Waals surface area contributed by atoms with E-state index in [0.717, 1.165) is 31.9 Å². The molecule has 2 aliphatic carbocycles. The van der Waals surface area contributed by atoms with E-state index in [1.54, 1.807) is 7.05 Å². The highest BCUT2D eigenvalue weighted by atomic mass is 16.2. The molecule has 2 fully saturated rings. The first-order valence-electron chi connectivity index (χ1n) is 11.2. The molecule has 7 nitrogen and oxygen atoms in total. The summed E-state index contributed by atoms with van der Waals surface area (Å²) in [5.74, 6) is 1.12. The lowest BCUT2D eigenvalue weighted by Crippen LogP contribution is -2.43. The molecule has 3 aliphatic rings. The number of nitrogens with zero attached hydrogens (tertiary/aromatic N) is 3. The lowest BCUT2D eigenvalue weighted by atomic mass is 9.85. The summed E-state index contributed by atoms with van der Waals surface area (Å²) in [6, 6.07) is 0. The van der Waals surface area contributed by atoms with Crippen LogP contribution in [0.4, 0.5) is 0 Å². The van der Waals surface area contributed by atoms with Crippen LogP contribution in [0.15, 0.2) is 17.1 Å². The van der Waals surface area contributed by atoms with Gasteiger partial charge >= 0.3 is 0 Å². The Labute approximate surface area is 175 Å². The fraction of sp³-hybridized carbons (Fsp3) is 0.773. The zero-order valence-corrected chi connectivity index (χ0v) is 18.2. The number of amides is 2. The van der Waals surface area contributed by atoms with Crippen LogP contribution >= 0.6 is 0 Å². The third-order valence-corrected chi connectivity index (χ3v) is 6.49. The van der Waals surface area contributed by atoms with Gasteiger partial charge in [-0.2, -0.15) is 0 Å². The van der Waals surface area contributed by atoms with Gasteiger partial charge in [-0.05, 0) is 51.7 Å².